The largest absolute Gasteiger partial charge is 0.370 e. The van der Waals surface area contributed by atoms with Crippen LogP contribution in [-0.4, -0.2) is 22.8 Å². The van der Waals surface area contributed by atoms with E-state index in [1.54, 1.807) is 12.1 Å². The minimum absolute atomic E-state index is 0.205. The number of hydrogen-bond donors (Lipinski definition) is 3. The van der Waals surface area contributed by atoms with Gasteiger partial charge in [-0.05, 0) is 42.9 Å². The summed E-state index contributed by atoms with van der Waals surface area (Å²) in [5.74, 6) is 6.45. The molecule has 5 nitrogen and oxygen atoms in total. The highest BCUT2D eigenvalue weighted by atomic mass is 32.2. The van der Waals surface area contributed by atoms with Crippen molar-refractivity contribution in [1.82, 2.24) is 9.97 Å². The number of aromatic nitrogens is 2. The number of hydrogen-bond acceptors (Lipinski definition) is 6. The highest BCUT2D eigenvalue weighted by Gasteiger charge is 2.04. The van der Waals surface area contributed by atoms with E-state index in [1.165, 1.54) is 17.8 Å². The predicted octanol–water partition coefficient (Wildman–Crippen LogP) is 2.59. The number of nitrogen functional groups attached to an aromatic ring is 1. The van der Waals surface area contributed by atoms with E-state index in [9.17, 15) is 4.39 Å². The van der Waals surface area contributed by atoms with Gasteiger partial charge in [-0.15, -0.1) is 0 Å². The van der Waals surface area contributed by atoms with Gasteiger partial charge >= 0.3 is 0 Å². The lowest BCUT2D eigenvalue weighted by Crippen LogP contribution is -2.12. The molecule has 0 aliphatic rings. The molecule has 0 saturated heterocycles. The van der Waals surface area contributed by atoms with Crippen LogP contribution in [-0.2, 0) is 6.42 Å². The van der Waals surface area contributed by atoms with Gasteiger partial charge in [0, 0.05) is 12.6 Å². The van der Waals surface area contributed by atoms with E-state index in [0.717, 1.165) is 17.5 Å². The van der Waals surface area contributed by atoms with Crippen LogP contribution in [0.5, 0.6) is 0 Å². The number of anilines is 2. The first-order chi connectivity index (χ1) is 10.1. The molecule has 0 aliphatic carbocycles. The van der Waals surface area contributed by atoms with Crippen LogP contribution in [0.3, 0.4) is 0 Å². The number of aryl methyl sites for hydroxylation is 1. The zero-order valence-electron chi connectivity index (χ0n) is 12.0. The summed E-state index contributed by atoms with van der Waals surface area (Å²) >= 11 is 1.45. The van der Waals surface area contributed by atoms with Gasteiger partial charge in [-0.25, -0.2) is 20.2 Å². The summed E-state index contributed by atoms with van der Waals surface area (Å²) in [5, 5.41) is 3.88. The number of nitrogens with two attached hydrogens (primary N) is 1. The molecule has 1 aromatic carbocycles. The summed E-state index contributed by atoms with van der Waals surface area (Å²) in [7, 11) is 0. The number of rotatable bonds is 6. The SMILES string of the molecule is CSc1nc(NN)cc(NCCc2ccc(F)cc2C)n1. The zero-order chi connectivity index (χ0) is 15.2. The topological polar surface area (TPSA) is 75.9 Å². The molecule has 0 fully saturated rings. The molecule has 0 saturated carbocycles. The molecular formula is C14H18FN5S. The van der Waals surface area contributed by atoms with Crippen molar-refractivity contribution in [2.45, 2.75) is 18.5 Å². The van der Waals surface area contributed by atoms with Gasteiger partial charge in [0.15, 0.2) is 5.16 Å². The van der Waals surface area contributed by atoms with E-state index < -0.39 is 0 Å². The lowest BCUT2D eigenvalue weighted by atomic mass is 10.1. The molecular weight excluding hydrogens is 289 g/mol. The van der Waals surface area contributed by atoms with Crippen molar-refractivity contribution in [2.24, 2.45) is 5.84 Å². The fourth-order valence-electron chi connectivity index (χ4n) is 1.95. The lowest BCUT2D eigenvalue weighted by Gasteiger charge is -2.10. The Morgan fingerprint density at radius 2 is 2.00 bits per heavy atom. The van der Waals surface area contributed by atoms with Crippen LogP contribution >= 0.6 is 11.8 Å². The Bertz CT molecular complexity index is 598. The minimum atomic E-state index is -0.205. The van der Waals surface area contributed by atoms with Gasteiger partial charge in [0.1, 0.15) is 17.5 Å². The number of nitrogens with zero attached hydrogens (tertiary/aromatic N) is 2. The van der Waals surface area contributed by atoms with E-state index in [2.05, 4.69) is 20.7 Å². The first-order valence-electron chi connectivity index (χ1n) is 6.51. The number of nitrogens with one attached hydrogen (secondary N) is 2. The third kappa shape index (κ3) is 4.30. The van der Waals surface area contributed by atoms with Crippen molar-refractivity contribution in [3.8, 4) is 0 Å². The van der Waals surface area contributed by atoms with Crippen molar-refractivity contribution < 1.29 is 4.39 Å². The second kappa shape index (κ2) is 7.24. The number of benzene rings is 1. The third-order valence-electron chi connectivity index (χ3n) is 3.04. The second-order valence-electron chi connectivity index (χ2n) is 4.52. The highest BCUT2D eigenvalue weighted by molar-refractivity contribution is 7.98. The summed E-state index contributed by atoms with van der Waals surface area (Å²) in [4.78, 5) is 8.55. The first kappa shape index (κ1) is 15.5. The average molecular weight is 307 g/mol. The van der Waals surface area contributed by atoms with E-state index in [-0.39, 0.29) is 5.82 Å². The van der Waals surface area contributed by atoms with E-state index >= 15 is 0 Å². The summed E-state index contributed by atoms with van der Waals surface area (Å²) in [6.07, 6.45) is 2.69. The van der Waals surface area contributed by atoms with Crippen LogP contribution in [0.1, 0.15) is 11.1 Å². The standard InChI is InChI=1S/C14H18FN5S/c1-9-7-11(15)4-3-10(9)5-6-17-12-8-13(20-16)19-14(18-12)21-2/h3-4,7-8H,5-6,16H2,1-2H3,(H2,17,18,19,20). The fraction of sp³-hybridized carbons (Fsp3) is 0.286. The molecule has 2 aromatic rings. The molecule has 0 radical (unpaired) electrons. The fourth-order valence-corrected chi connectivity index (χ4v) is 2.33. The smallest absolute Gasteiger partial charge is 0.191 e. The van der Waals surface area contributed by atoms with Gasteiger partial charge in [0.05, 0.1) is 0 Å². The Morgan fingerprint density at radius 1 is 1.24 bits per heavy atom. The molecule has 2 rings (SSSR count). The Morgan fingerprint density at radius 3 is 2.67 bits per heavy atom. The minimum Gasteiger partial charge on any atom is -0.370 e. The number of hydrazine groups is 1. The first-order valence-corrected chi connectivity index (χ1v) is 7.73. The quantitative estimate of drug-likeness (QED) is 0.330. The average Bonchev–Trinajstić information content (AvgIpc) is 2.49. The van der Waals surface area contributed by atoms with Crippen molar-refractivity contribution in [2.75, 3.05) is 23.5 Å². The van der Waals surface area contributed by atoms with Crippen LogP contribution in [0.4, 0.5) is 16.0 Å². The van der Waals surface area contributed by atoms with Gasteiger partial charge in [0.2, 0.25) is 0 Å². The lowest BCUT2D eigenvalue weighted by molar-refractivity contribution is 0.625. The summed E-state index contributed by atoms with van der Waals surface area (Å²) < 4.78 is 13.0. The Balaban J connectivity index is 1.99. The predicted molar refractivity (Wildman–Crippen MR) is 85.0 cm³/mol. The molecule has 7 heteroatoms. The molecule has 4 N–H and O–H groups in total. The van der Waals surface area contributed by atoms with Crippen LogP contribution in [0.25, 0.3) is 0 Å². The third-order valence-corrected chi connectivity index (χ3v) is 3.59. The molecule has 0 bridgehead atoms. The molecule has 1 aromatic heterocycles. The molecule has 0 unspecified atom stereocenters. The molecule has 112 valence electrons. The maximum Gasteiger partial charge on any atom is 0.191 e. The normalized spacial score (nSPS) is 10.5. The summed E-state index contributed by atoms with van der Waals surface area (Å²) in [6.45, 7) is 2.60. The van der Waals surface area contributed by atoms with Crippen molar-refractivity contribution >= 4 is 23.4 Å². The van der Waals surface area contributed by atoms with Crippen LogP contribution in [0, 0.1) is 12.7 Å². The Kier molecular flexibility index (Phi) is 5.35. The van der Waals surface area contributed by atoms with Crippen molar-refractivity contribution in [1.29, 1.82) is 0 Å². The molecule has 21 heavy (non-hydrogen) atoms. The van der Waals surface area contributed by atoms with E-state index in [0.29, 0.717) is 23.3 Å². The molecule has 0 spiro atoms. The van der Waals surface area contributed by atoms with Gasteiger partial charge < -0.3 is 10.7 Å². The number of thioether (sulfide) groups is 1. The Hall–Kier alpha value is -1.86. The van der Waals surface area contributed by atoms with Crippen LogP contribution in [0.2, 0.25) is 0 Å². The van der Waals surface area contributed by atoms with Crippen molar-refractivity contribution in [3.05, 3.63) is 41.2 Å². The van der Waals surface area contributed by atoms with Gasteiger partial charge in [-0.2, -0.15) is 0 Å². The maximum atomic E-state index is 13.0. The van der Waals surface area contributed by atoms with E-state index in [4.69, 9.17) is 5.84 Å². The second-order valence-corrected chi connectivity index (χ2v) is 5.29. The maximum absolute atomic E-state index is 13.0. The van der Waals surface area contributed by atoms with E-state index in [1.807, 2.05) is 19.2 Å². The monoisotopic (exact) mass is 307 g/mol. The zero-order valence-corrected chi connectivity index (χ0v) is 12.8. The molecule has 0 atom stereocenters. The van der Waals surface area contributed by atoms with Crippen LogP contribution < -0.4 is 16.6 Å². The number of halogens is 1. The molecule has 0 amide bonds. The van der Waals surface area contributed by atoms with Crippen molar-refractivity contribution in [3.63, 3.8) is 0 Å². The van der Waals surface area contributed by atoms with Gasteiger partial charge in [-0.3, -0.25) is 0 Å². The molecule has 1 heterocycles. The van der Waals surface area contributed by atoms with Gasteiger partial charge in [0.25, 0.3) is 0 Å². The summed E-state index contributed by atoms with van der Waals surface area (Å²) in [6, 6.07) is 6.58. The van der Waals surface area contributed by atoms with Gasteiger partial charge in [-0.1, -0.05) is 17.8 Å². The van der Waals surface area contributed by atoms with Crippen LogP contribution in [0.15, 0.2) is 29.4 Å². The molecule has 0 aliphatic heterocycles. The summed E-state index contributed by atoms with van der Waals surface area (Å²) in [5.41, 5.74) is 4.58. The Labute approximate surface area is 127 Å². The highest BCUT2D eigenvalue weighted by Crippen LogP contribution is 2.17.